The Morgan fingerprint density at radius 2 is 1.77 bits per heavy atom. The number of nitrogens with one attached hydrogen (secondary N) is 1. The fraction of sp³-hybridized carbons (Fsp3) is 0.500. The van der Waals surface area contributed by atoms with Crippen LogP contribution in [0.25, 0.3) is 0 Å². The maximum absolute atomic E-state index is 13.1. The summed E-state index contributed by atoms with van der Waals surface area (Å²) in [6.45, 7) is -1.15. The molecule has 0 aromatic heterocycles. The first-order valence-corrected chi connectivity index (χ1v) is 7.81. The molecule has 1 aromatic rings. The molecule has 1 N–H and O–H groups in total. The van der Waals surface area contributed by atoms with Gasteiger partial charge in [-0.25, -0.2) is 21.9 Å². The van der Waals surface area contributed by atoms with Crippen molar-refractivity contribution >= 4 is 10.0 Å². The molecule has 1 heterocycles. The van der Waals surface area contributed by atoms with E-state index in [1.807, 2.05) is 0 Å². The number of halogens is 5. The molecule has 1 fully saturated rings. The maximum Gasteiger partial charge on any atom is 0.401 e. The lowest BCUT2D eigenvalue weighted by Crippen LogP contribution is -2.39. The Labute approximate surface area is 124 Å². The first-order valence-electron chi connectivity index (χ1n) is 6.33. The quantitative estimate of drug-likeness (QED) is 0.849. The van der Waals surface area contributed by atoms with Crippen molar-refractivity contribution in [3.8, 4) is 0 Å². The molecule has 1 aliphatic rings. The van der Waals surface area contributed by atoms with E-state index in [1.165, 1.54) is 0 Å². The fourth-order valence-electron chi connectivity index (χ4n) is 2.30. The van der Waals surface area contributed by atoms with Crippen LogP contribution in [0.2, 0.25) is 0 Å². The highest BCUT2D eigenvalue weighted by Gasteiger charge is 2.35. The molecule has 0 radical (unpaired) electrons. The molecule has 0 unspecified atom stereocenters. The Bertz CT molecular complexity index is 627. The highest BCUT2D eigenvalue weighted by atomic mass is 32.2. The lowest BCUT2D eigenvalue weighted by atomic mass is 10.3. The highest BCUT2D eigenvalue weighted by Crippen LogP contribution is 2.21. The minimum Gasteiger partial charge on any atom is -0.293 e. The Kier molecular flexibility index (Phi) is 4.73. The van der Waals surface area contributed by atoms with Crippen molar-refractivity contribution in [2.24, 2.45) is 0 Å². The number of hydrogen-bond donors (Lipinski definition) is 1. The van der Waals surface area contributed by atoms with Gasteiger partial charge in [0.1, 0.15) is 11.6 Å². The van der Waals surface area contributed by atoms with E-state index in [-0.39, 0.29) is 19.5 Å². The first-order chi connectivity index (χ1) is 10.0. The standard InChI is InChI=1S/C12H13F5N2O2S/c13-8-3-9(14)5-11(4-8)22(20,21)18-10-1-2-19(6-10)7-12(15,16)17/h3-5,10,18H,1-2,6-7H2/t10-/m1/s1. The summed E-state index contributed by atoms with van der Waals surface area (Å²) in [7, 11) is -4.19. The average Bonchev–Trinajstić information content (AvgIpc) is 2.71. The van der Waals surface area contributed by atoms with E-state index >= 15 is 0 Å². The zero-order valence-electron chi connectivity index (χ0n) is 11.2. The first kappa shape index (κ1) is 17.1. The van der Waals surface area contributed by atoms with E-state index in [1.54, 1.807) is 0 Å². The van der Waals surface area contributed by atoms with Crippen molar-refractivity contribution in [2.45, 2.75) is 23.5 Å². The molecule has 0 amide bonds. The molecule has 1 atom stereocenters. The topological polar surface area (TPSA) is 49.4 Å². The van der Waals surface area contributed by atoms with Crippen LogP contribution in [-0.4, -0.2) is 45.2 Å². The van der Waals surface area contributed by atoms with Gasteiger partial charge in [-0.3, -0.25) is 4.90 Å². The monoisotopic (exact) mass is 344 g/mol. The van der Waals surface area contributed by atoms with Crippen LogP contribution in [0, 0.1) is 11.6 Å². The zero-order valence-corrected chi connectivity index (χ0v) is 12.0. The molecule has 1 aliphatic heterocycles. The van der Waals surface area contributed by atoms with Gasteiger partial charge < -0.3 is 0 Å². The van der Waals surface area contributed by atoms with E-state index < -0.39 is 45.3 Å². The number of likely N-dealkylation sites (tertiary alicyclic amines) is 1. The average molecular weight is 344 g/mol. The van der Waals surface area contributed by atoms with E-state index in [9.17, 15) is 30.4 Å². The van der Waals surface area contributed by atoms with Gasteiger partial charge in [-0.05, 0) is 18.6 Å². The molecule has 1 aromatic carbocycles. The van der Waals surface area contributed by atoms with Crippen LogP contribution in [-0.2, 0) is 10.0 Å². The van der Waals surface area contributed by atoms with Crippen LogP contribution < -0.4 is 4.72 Å². The number of alkyl halides is 3. The summed E-state index contributed by atoms with van der Waals surface area (Å²) in [5.41, 5.74) is 0. The Morgan fingerprint density at radius 1 is 1.18 bits per heavy atom. The molecule has 10 heteroatoms. The summed E-state index contributed by atoms with van der Waals surface area (Å²) in [5.74, 6) is -2.10. The number of benzene rings is 1. The largest absolute Gasteiger partial charge is 0.401 e. The van der Waals surface area contributed by atoms with Crippen molar-refractivity contribution in [1.82, 2.24) is 9.62 Å². The molecule has 0 aliphatic carbocycles. The van der Waals surface area contributed by atoms with Gasteiger partial charge >= 0.3 is 6.18 Å². The van der Waals surface area contributed by atoms with Crippen molar-refractivity contribution < 1.29 is 30.4 Å². The summed E-state index contributed by atoms with van der Waals surface area (Å²) < 4.78 is 89.1. The summed E-state index contributed by atoms with van der Waals surface area (Å²) >= 11 is 0. The van der Waals surface area contributed by atoms with Crippen LogP contribution in [0.1, 0.15) is 6.42 Å². The smallest absolute Gasteiger partial charge is 0.293 e. The van der Waals surface area contributed by atoms with Gasteiger partial charge in [0.15, 0.2) is 0 Å². The highest BCUT2D eigenvalue weighted by molar-refractivity contribution is 7.89. The summed E-state index contributed by atoms with van der Waals surface area (Å²) in [5, 5.41) is 0. The zero-order chi connectivity index (χ0) is 16.5. The van der Waals surface area contributed by atoms with E-state index in [4.69, 9.17) is 0 Å². The van der Waals surface area contributed by atoms with Gasteiger partial charge in [-0.1, -0.05) is 0 Å². The molecule has 4 nitrogen and oxygen atoms in total. The SMILES string of the molecule is O=S(=O)(N[C@@H]1CCN(CC(F)(F)F)C1)c1cc(F)cc(F)c1. The molecule has 2 rings (SSSR count). The molecular formula is C12H13F5N2O2S. The third-order valence-electron chi connectivity index (χ3n) is 3.14. The van der Waals surface area contributed by atoms with Crippen molar-refractivity contribution in [3.63, 3.8) is 0 Å². The van der Waals surface area contributed by atoms with Gasteiger partial charge in [0.25, 0.3) is 0 Å². The van der Waals surface area contributed by atoms with E-state index in [0.717, 1.165) is 4.90 Å². The van der Waals surface area contributed by atoms with Gasteiger partial charge in [-0.2, -0.15) is 13.2 Å². The van der Waals surface area contributed by atoms with E-state index in [2.05, 4.69) is 4.72 Å². The predicted molar refractivity (Wildman–Crippen MR) is 67.6 cm³/mol. The summed E-state index contributed by atoms with van der Waals surface area (Å²) in [4.78, 5) is 0.471. The number of nitrogens with zero attached hydrogens (tertiary/aromatic N) is 1. The molecule has 22 heavy (non-hydrogen) atoms. The predicted octanol–water partition coefficient (Wildman–Crippen LogP) is 1.88. The Morgan fingerprint density at radius 3 is 2.32 bits per heavy atom. The van der Waals surface area contributed by atoms with Gasteiger partial charge in [-0.15, -0.1) is 0 Å². The second-order valence-corrected chi connectivity index (χ2v) is 6.78. The minimum absolute atomic E-state index is 0.0875. The second kappa shape index (κ2) is 6.09. The van der Waals surface area contributed by atoms with Crippen molar-refractivity contribution in [1.29, 1.82) is 0 Å². The maximum atomic E-state index is 13.1. The summed E-state index contributed by atoms with van der Waals surface area (Å²) in [6, 6.07) is 1.08. The molecular weight excluding hydrogens is 331 g/mol. The van der Waals surface area contributed by atoms with Gasteiger partial charge in [0.2, 0.25) is 10.0 Å². The third kappa shape index (κ3) is 4.62. The van der Waals surface area contributed by atoms with Crippen LogP contribution >= 0.6 is 0 Å². The van der Waals surface area contributed by atoms with Crippen LogP contribution in [0.4, 0.5) is 22.0 Å². The molecule has 0 bridgehead atoms. The van der Waals surface area contributed by atoms with Crippen molar-refractivity contribution in [2.75, 3.05) is 19.6 Å². The summed E-state index contributed by atoms with van der Waals surface area (Å²) in [6.07, 6.45) is -4.17. The van der Waals surface area contributed by atoms with E-state index in [0.29, 0.717) is 18.2 Å². The van der Waals surface area contributed by atoms with Crippen molar-refractivity contribution in [3.05, 3.63) is 29.8 Å². The van der Waals surface area contributed by atoms with Gasteiger partial charge in [0, 0.05) is 25.2 Å². The normalized spacial score (nSPS) is 20.5. The van der Waals surface area contributed by atoms with Crippen LogP contribution in [0.5, 0.6) is 0 Å². The third-order valence-corrected chi connectivity index (χ3v) is 4.64. The lowest BCUT2D eigenvalue weighted by Gasteiger charge is -2.18. The molecule has 0 saturated carbocycles. The van der Waals surface area contributed by atoms with Crippen LogP contribution in [0.15, 0.2) is 23.1 Å². The molecule has 124 valence electrons. The number of sulfonamides is 1. The number of rotatable bonds is 4. The van der Waals surface area contributed by atoms with Gasteiger partial charge in [0.05, 0.1) is 11.4 Å². The lowest BCUT2D eigenvalue weighted by molar-refractivity contribution is -0.143. The number of hydrogen-bond acceptors (Lipinski definition) is 3. The minimum atomic E-state index is -4.36. The fourth-order valence-corrected chi connectivity index (χ4v) is 3.60. The Balaban J connectivity index is 2.04. The molecule has 1 saturated heterocycles. The molecule has 0 spiro atoms. The van der Waals surface area contributed by atoms with Crippen LogP contribution in [0.3, 0.4) is 0 Å². The second-order valence-electron chi connectivity index (χ2n) is 5.06. The Hall–Kier alpha value is -1.26.